The SMILES string of the molecule is Cc1ccc(-c2cccc(CN3CCN(C4CCCC4)C(=O)C3)c2)o1. The fourth-order valence-electron chi connectivity index (χ4n) is 4.14. The number of piperazine rings is 1. The van der Waals surface area contributed by atoms with E-state index < -0.39 is 0 Å². The van der Waals surface area contributed by atoms with Crippen LogP contribution in [0.1, 0.15) is 37.0 Å². The summed E-state index contributed by atoms with van der Waals surface area (Å²) in [6, 6.07) is 12.9. The Kier molecular flexibility index (Phi) is 4.62. The van der Waals surface area contributed by atoms with Gasteiger partial charge in [-0.1, -0.05) is 31.0 Å². The topological polar surface area (TPSA) is 36.7 Å². The van der Waals surface area contributed by atoms with E-state index in [0.717, 1.165) is 36.7 Å². The Labute approximate surface area is 149 Å². The third-order valence-corrected chi connectivity index (χ3v) is 5.46. The molecule has 0 radical (unpaired) electrons. The maximum Gasteiger partial charge on any atom is 0.237 e. The van der Waals surface area contributed by atoms with Crippen LogP contribution in [0.15, 0.2) is 40.8 Å². The molecule has 1 aliphatic carbocycles. The van der Waals surface area contributed by atoms with Crippen LogP contribution in [-0.2, 0) is 11.3 Å². The standard InChI is InChI=1S/C21H26N2O2/c1-16-9-10-20(25-16)18-6-4-5-17(13-18)14-22-11-12-23(21(24)15-22)19-7-2-3-8-19/h4-6,9-10,13,19H,2-3,7-8,11-12,14-15H2,1H3. The minimum atomic E-state index is 0.302. The second kappa shape index (κ2) is 7.04. The summed E-state index contributed by atoms with van der Waals surface area (Å²) in [5, 5.41) is 0. The molecule has 4 nitrogen and oxygen atoms in total. The van der Waals surface area contributed by atoms with Crippen LogP contribution < -0.4 is 0 Å². The number of amides is 1. The molecule has 1 aromatic heterocycles. The molecule has 0 N–H and O–H groups in total. The molecule has 0 spiro atoms. The highest BCUT2D eigenvalue weighted by molar-refractivity contribution is 5.79. The van der Waals surface area contributed by atoms with E-state index in [4.69, 9.17) is 4.42 Å². The molecule has 1 saturated carbocycles. The largest absolute Gasteiger partial charge is 0.461 e. The molecule has 2 fully saturated rings. The van der Waals surface area contributed by atoms with Crippen LogP contribution in [0.4, 0.5) is 0 Å². The highest BCUT2D eigenvalue weighted by Gasteiger charge is 2.31. The third kappa shape index (κ3) is 3.64. The number of furan rings is 1. The summed E-state index contributed by atoms with van der Waals surface area (Å²) >= 11 is 0. The van der Waals surface area contributed by atoms with E-state index in [2.05, 4.69) is 34.1 Å². The van der Waals surface area contributed by atoms with Gasteiger partial charge in [0.15, 0.2) is 0 Å². The van der Waals surface area contributed by atoms with E-state index >= 15 is 0 Å². The molecule has 0 atom stereocenters. The van der Waals surface area contributed by atoms with Gasteiger partial charge < -0.3 is 9.32 Å². The van der Waals surface area contributed by atoms with Crippen molar-refractivity contribution >= 4 is 5.91 Å². The van der Waals surface area contributed by atoms with Gasteiger partial charge in [0.05, 0.1) is 6.54 Å². The molecule has 25 heavy (non-hydrogen) atoms. The Bertz CT molecular complexity index is 746. The maximum absolute atomic E-state index is 12.5. The summed E-state index contributed by atoms with van der Waals surface area (Å²) in [6.07, 6.45) is 4.93. The first-order valence-electron chi connectivity index (χ1n) is 9.36. The molecule has 4 heteroatoms. The molecule has 1 saturated heterocycles. The molecular formula is C21H26N2O2. The van der Waals surface area contributed by atoms with E-state index in [-0.39, 0.29) is 0 Å². The van der Waals surface area contributed by atoms with Gasteiger partial charge in [0.25, 0.3) is 0 Å². The van der Waals surface area contributed by atoms with Crippen molar-refractivity contribution in [3.63, 3.8) is 0 Å². The van der Waals surface area contributed by atoms with Crippen LogP contribution in [0.2, 0.25) is 0 Å². The lowest BCUT2D eigenvalue weighted by atomic mass is 10.1. The third-order valence-electron chi connectivity index (χ3n) is 5.46. The number of benzene rings is 1. The quantitative estimate of drug-likeness (QED) is 0.850. The Hall–Kier alpha value is -2.07. The predicted octanol–water partition coefficient (Wildman–Crippen LogP) is 3.84. The van der Waals surface area contributed by atoms with Gasteiger partial charge in [0.1, 0.15) is 11.5 Å². The minimum Gasteiger partial charge on any atom is -0.461 e. The Morgan fingerprint density at radius 3 is 2.68 bits per heavy atom. The molecule has 2 aliphatic rings. The molecule has 2 aromatic rings. The number of carbonyl (C=O) groups is 1. The number of nitrogens with zero attached hydrogens (tertiary/aromatic N) is 2. The lowest BCUT2D eigenvalue weighted by molar-refractivity contribution is -0.138. The van der Waals surface area contributed by atoms with Crippen LogP contribution in [0.5, 0.6) is 0 Å². The van der Waals surface area contributed by atoms with E-state index in [9.17, 15) is 4.79 Å². The smallest absolute Gasteiger partial charge is 0.237 e. The zero-order valence-corrected chi connectivity index (χ0v) is 14.9. The summed E-state index contributed by atoms with van der Waals surface area (Å²) in [6.45, 7) is 5.16. The monoisotopic (exact) mass is 338 g/mol. The number of rotatable bonds is 4. The van der Waals surface area contributed by atoms with Crippen molar-refractivity contribution in [1.82, 2.24) is 9.80 Å². The van der Waals surface area contributed by atoms with Crippen LogP contribution in [0, 0.1) is 6.92 Å². The fraction of sp³-hybridized carbons (Fsp3) is 0.476. The van der Waals surface area contributed by atoms with Crippen molar-refractivity contribution in [2.45, 2.75) is 45.2 Å². The first-order valence-corrected chi connectivity index (χ1v) is 9.36. The first-order chi connectivity index (χ1) is 12.2. The predicted molar refractivity (Wildman–Crippen MR) is 98.1 cm³/mol. The molecule has 0 unspecified atom stereocenters. The zero-order chi connectivity index (χ0) is 17.2. The summed E-state index contributed by atoms with van der Waals surface area (Å²) in [5.74, 6) is 2.13. The van der Waals surface area contributed by atoms with Gasteiger partial charge in [0.2, 0.25) is 5.91 Å². The molecule has 132 valence electrons. The van der Waals surface area contributed by atoms with Crippen LogP contribution in [0.25, 0.3) is 11.3 Å². The minimum absolute atomic E-state index is 0.302. The van der Waals surface area contributed by atoms with E-state index in [1.807, 2.05) is 19.1 Å². The summed E-state index contributed by atoms with van der Waals surface area (Å²) < 4.78 is 5.73. The number of carbonyl (C=O) groups excluding carboxylic acids is 1. The van der Waals surface area contributed by atoms with Crippen LogP contribution in [0.3, 0.4) is 0 Å². The van der Waals surface area contributed by atoms with Crippen LogP contribution in [-0.4, -0.2) is 41.4 Å². The van der Waals surface area contributed by atoms with Gasteiger partial charge in [-0.05, 0) is 43.5 Å². The molecular weight excluding hydrogens is 312 g/mol. The van der Waals surface area contributed by atoms with Gasteiger partial charge in [-0.15, -0.1) is 0 Å². The second-order valence-corrected chi connectivity index (χ2v) is 7.35. The van der Waals surface area contributed by atoms with Gasteiger partial charge in [-0.2, -0.15) is 0 Å². The average molecular weight is 338 g/mol. The normalized spacial score (nSPS) is 19.7. The van der Waals surface area contributed by atoms with Crippen molar-refractivity contribution in [3.8, 4) is 11.3 Å². The van der Waals surface area contributed by atoms with Crippen molar-refractivity contribution in [2.24, 2.45) is 0 Å². The lowest BCUT2D eigenvalue weighted by Crippen LogP contribution is -2.53. The molecule has 1 amide bonds. The highest BCUT2D eigenvalue weighted by atomic mass is 16.3. The van der Waals surface area contributed by atoms with E-state index in [1.165, 1.54) is 31.2 Å². The second-order valence-electron chi connectivity index (χ2n) is 7.35. The van der Waals surface area contributed by atoms with Gasteiger partial charge in [0, 0.05) is 31.2 Å². The summed E-state index contributed by atoms with van der Waals surface area (Å²) in [4.78, 5) is 16.9. The molecule has 0 bridgehead atoms. The first kappa shape index (κ1) is 16.4. The molecule has 1 aromatic carbocycles. The number of aryl methyl sites for hydroxylation is 1. The Morgan fingerprint density at radius 2 is 1.96 bits per heavy atom. The average Bonchev–Trinajstić information content (AvgIpc) is 3.27. The van der Waals surface area contributed by atoms with Crippen molar-refractivity contribution in [2.75, 3.05) is 19.6 Å². The Morgan fingerprint density at radius 1 is 1.12 bits per heavy atom. The van der Waals surface area contributed by atoms with E-state index in [1.54, 1.807) is 0 Å². The zero-order valence-electron chi connectivity index (χ0n) is 14.9. The highest BCUT2D eigenvalue weighted by Crippen LogP contribution is 2.26. The summed E-state index contributed by atoms with van der Waals surface area (Å²) in [5.41, 5.74) is 2.33. The molecule has 2 heterocycles. The van der Waals surface area contributed by atoms with Crippen molar-refractivity contribution in [1.29, 1.82) is 0 Å². The van der Waals surface area contributed by atoms with Crippen molar-refractivity contribution in [3.05, 3.63) is 47.7 Å². The fourth-order valence-corrected chi connectivity index (χ4v) is 4.14. The van der Waals surface area contributed by atoms with Gasteiger partial charge in [-0.25, -0.2) is 0 Å². The van der Waals surface area contributed by atoms with E-state index in [0.29, 0.717) is 18.5 Å². The van der Waals surface area contributed by atoms with Gasteiger partial charge >= 0.3 is 0 Å². The number of hydrogen-bond donors (Lipinski definition) is 0. The lowest BCUT2D eigenvalue weighted by Gasteiger charge is -2.37. The summed E-state index contributed by atoms with van der Waals surface area (Å²) in [7, 11) is 0. The Balaban J connectivity index is 1.40. The van der Waals surface area contributed by atoms with Crippen molar-refractivity contribution < 1.29 is 9.21 Å². The van der Waals surface area contributed by atoms with Crippen LogP contribution >= 0.6 is 0 Å². The molecule has 4 rings (SSSR count). The maximum atomic E-state index is 12.5. The van der Waals surface area contributed by atoms with Gasteiger partial charge in [-0.3, -0.25) is 9.69 Å². The molecule has 1 aliphatic heterocycles. The number of hydrogen-bond acceptors (Lipinski definition) is 3.